The van der Waals surface area contributed by atoms with Crippen LogP contribution in [-0.2, 0) is 6.42 Å². The lowest BCUT2D eigenvalue weighted by Gasteiger charge is -2.01. The van der Waals surface area contributed by atoms with Crippen molar-refractivity contribution in [3.63, 3.8) is 0 Å². The summed E-state index contributed by atoms with van der Waals surface area (Å²) in [5, 5.41) is 0. The number of furan rings is 1. The first-order chi connectivity index (χ1) is 10.1. The molecule has 3 heteroatoms. The van der Waals surface area contributed by atoms with Crippen LogP contribution >= 0.6 is 0 Å². The number of carbonyl (C=O) groups excluding carboxylic acids is 1. The Hall–Kier alpha value is -2.16. The van der Waals surface area contributed by atoms with Gasteiger partial charge in [-0.25, -0.2) is 4.79 Å². The number of rotatable bonds is 3. The quantitative estimate of drug-likeness (QED) is 0.855. The Balaban J connectivity index is 2.37. The molecule has 0 saturated heterocycles. The molecule has 3 aliphatic rings. The highest BCUT2D eigenvalue weighted by atomic mass is 16.4. The molecule has 0 atom stereocenters. The third-order valence-corrected chi connectivity index (χ3v) is 4.12. The average molecular weight is 282 g/mol. The zero-order valence-electron chi connectivity index (χ0n) is 12.6. The summed E-state index contributed by atoms with van der Waals surface area (Å²) in [5.41, 5.74) is 4.91. The second kappa shape index (κ2) is 4.99. The van der Waals surface area contributed by atoms with Crippen LogP contribution in [-0.4, -0.2) is 5.78 Å². The smallest absolute Gasteiger partial charge is 0.340 e. The molecule has 0 radical (unpaired) electrons. The fourth-order valence-electron chi connectivity index (χ4n) is 3.11. The minimum atomic E-state index is -0.252. The van der Waals surface area contributed by atoms with E-state index in [1.807, 2.05) is 32.9 Å². The van der Waals surface area contributed by atoms with Crippen LogP contribution in [0.2, 0.25) is 0 Å². The highest BCUT2D eigenvalue weighted by Crippen LogP contribution is 2.36. The Labute approximate surface area is 123 Å². The first-order valence-corrected chi connectivity index (χ1v) is 7.42. The number of ketones is 1. The molecule has 0 saturated carbocycles. The molecule has 1 aliphatic heterocycles. The summed E-state index contributed by atoms with van der Waals surface area (Å²) >= 11 is 0. The molecule has 0 unspecified atom stereocenters. The van der Waals surface area contributed by atoms with E-state index in [9.17, 15) is 9.59 Å². The van der Waals surface area contributed by atoms with Gasteiger partial charge in [0.15, 0.2) is 5.78 Å². The second-order valence-electron chi connectivity index (χ2n) is 5.54. The minimum Gasteiger partial charge on any atom is -0.422 e. The van der Waals surface area contributed by atoms with Crippen molar-refractivity contribution in [2.45, 2.75) is 40.0 Å². The summed E-state index contributed by atoms with van der Waals surface area (Å²) in [6.45, 7) is 5.97. The van der Waals surface area contributed by atoms with Gasteiger partial charge in [0.05, 0.1) is 0 Å². The molecule has 0 N–H and O–H groups in total. The van der Waals surface area contributed by atoms with E-state index >= 15 is 0 Å². The van der Waals surface area contributed by atoms with Crippen LogP contribution in [0.3, 0.4) is 0 Å². The lowest BCUT2D eigenvalue weighted by Crippen LogP contribution is -2.00. The monoisotopic (exact) mass is 282 g/mol. The highest BCUT2D eigenvalue weighted by Gasteiger charge is 2.25. The van der Waals surface area contributed by atoms with Gasteiger partial charge in [-0.15, -0.1) is 0 Å². The standard InChI is InChI=1S/C18H18O3/c1-4-6-12-14-9-13-11(5-2)8-15(19)17(13)10(3)7-16(14)21-18(12)20/h7-9H,4-6H2,1-3H3. The van der Waals surface area contributed by atoms with E-state index in [0.29, 0.717) is 12.2 Å². The summed E-state index contributed by atoms with van der Waals surface area (Å²) in [5.74, 6) is 0.634. The Bertz CT molecular complexity index is 793. The lowest BCUT2D eigenvalue weighted by atomic mass is 10.0. The summed E-state index contributed by atoms with van der Waals surface area (Å²) in [4.78, 5) is 24.2. The SMILES string of the molecule is CCCc1c2cc3c(c(C)cc-2oc1=O)C(=O)C=C3CC. The number of aryl methyl sites for hydroxylation is 1. The predicted octanol–water partition coefficient (Wildman–Crippen LogP) is 4.00. The van der Waals surface area contributed by atoms with Crippen LogP contribution in [0.4, 0.5) is 0 Å². The molecule has 0 amide bonds. The van der Waals surface area contributed by atoms with Gasteiger partial charge in [0.2, 0.25) is 0 Å². The van der Waals surface area contributed by atoms with Crippen molar-refractivity contribution >= 4 is 11.4 Å². The van der Waals surface area contributed by atoms with E-state index in [4.69, 9.17) is 4.42 Å². The summed E-state index contributed by atoms with van der Waals surface area (Å²) in [6.07, 6.45) is 4.10. The molecule has 0 bridgehead atoms. The van der Waals surface area contributed by atoms with E-state index in [1.54, 1.807) is 6.08 Å². The van der Waals surface area contributed by atoms with Crippen molar-refractivity contribution in [3.05, 3.63) is 50.9 Å². The maximum absolute atomic E-state index is 12.2. The van der Waals surface area contributed by atoms with Crippen molar-refractivity contribution in [2.75, 3.05) is 0 Å². The molecule has 0 aromatic carbocycles. The molecule has 3 nitrogen and oxygen atoms in total. The number of carbonyl (C=O) groups is 1. The van der Waals surface area contributed by atoms with Crippen molar-refractivity contribution in [2.24, 2.45) is 0 Å². The van der Waals surface area contributed by atoms with E-state index in [2.05, 4.69) is 0 Å². The average Bonchev–Trinajstić information content (AvgIpc) is 2.85. The summed E-state index contributed by atoms with van der Waals surface area (Å²) < 4.78 is 5.39. The zero-order chi connectivity index (χ0) is 15.1. The Morgan fingerprint density at radius 1 is 1.10 bits per heavy atom. The van der Waals surface area contributed by atoms with E-state index in [1.165, 1.54) is 0 Å². The van der Waals surface area contributed by atoms with Crippen molar-refractivity contribution < 1.29 is 9.21 Å². The Morgan fingerprint density at radius 2 is 1.86 bits per heavy atom. The van der Waals surface area contributed by atoms with Gasteiger partial charge in [-0.2, -0.15) is 0 Å². The maximum atomic E-state index is 12.2. The van der Waals surface area contributed by atoms with Gasteiger partial charge in [0.25, 0.3) is 0 Å². The molecule has 0 fully saturated rings. The molecular formula is C18H18O3. The van der Waals surface area contributed by atoms with Gasteiger partial charge in [0, 0.05) is 16.7 Å². The zero-order valence-corrected chi connectivity index (χ0v) is 12.6. The van der Waals surface area contributed by atoms with E-state index < -0.39 is 0 Å². The fraction of sp³-hybridized carbons (Fsp3) is 0.333. The Morgan fingerprint density at radius 3 is 2.52 bits per heavy atom. The molecule has 108 valence electrons. The maximum Gasteiger partial charge on any atom is 0.340 e. The van der Waals surface area contributed by atoms with Crippen LogP contribution in [0, 0.1) is 6.92 Å². The van der Waals surface area contributed by atoms with E-state index in [-0.39, 0.29) is 11.4 Å². The van der Waals surface area contributed by atoms with E-state index in [0.717, 1.165) is 46.2 Å². The molecule has 0 aromatic heterocycles. The Kier molecular flexibility index (Phi) is 3.28. The first kappa shape index (κ1) is 13.8. The van der Waals surface area contributed by atoms with Gasteiger partial charge in [-0.3, -0.25) is 4.79 Å². The predicted molar refractivity (Wildman–Crippen MR) is 82.9 cm³/mol. The normalized spacial score (nSPS) is 13.7. The van der Waals surface area contributed by atoms with Gasteiger partial charge >= 0.3 is 5.63 Å². The fourth-order valence-corrected chi connectivity index (χ4v) is 3.11. The molecule has 1 heterocycles. The number of hydrogen-bond acceptors (Lipinski definition) is 3. The molecular weight excluding hydrogens is 264 g/mol. The number of hydrogen-bond donors (Lipinski definition) is 0. The van der Waals surface area contributed by atoms with Crippen molar-refractivity contribution in [1.82, 2.24) is 0 Å². The first-order valence-electron chi connectivity index (χ1n) is 7.42. The minimum absolute atomic E-state index is 0.0522. The van der Waals surface area contributed by atoms with Crippen LogP contribution < -0.4 is 5.63 Å². The van der Waals surface area contributed by atoms with Gasteiger partial charge in [-0.05, 0) is 54.7 Å². The van der Waals surface area contributed by atoms with Gasteiger partial charge in [-0.1, -0.05) is 20.3 Å². The van der Waals surface area contributed by atoms with Crippen LogP contribution in [0.15, 0.2) is 27.4 Å². The molecule has 0 spiro atoms. The summed E-state index contributed by atoms with van der Waals surface area (Å²) in [7, 11) is 0. The topological polar surface area (TPSA) is 47.3 Å². The van der Waals surface area contributed by atoms with Crippen LogP contribution in [0.25, 0.3) is 16.9 Å². The molecule has 0 aromatic rings. The number of allylic oxidation sites excluding steroid dienone is 2. The van der Waals surface area contributed by atoms with Crippen LogP contribution in [0.5, 0.6) is 0 Å². The van der Waals surface area contributed by atoms with Gasteiger partial charge < -0.3 is 4.42 Å². The molecule has 2 aliphatic carbocycles. The third kappa shape index (κ3) is 2.04. The molecule has 3 rings (SSSR count). The number of fused-ring (bicyclic) bond motifs is 2. The lowest BCUT2D eigenvalue weighted by molar-refractivity contribution is 0.104. The van der Waals surface area contributed by atoms with Gasteiger partial charge in [0.1, 0.15) is 5.76 Å². The van der Waals surface area contributed by atoms with Crippen molar-refractivity contribution in [1.29, 1.82) is 0 Å². The summed E-state index contributed by atoms with van der Waals surface area (Å²) in [6, 6.07) is 3.78. The van der Waals surface area contributed by atoms with Crippen molar-refractivity contribution in [3.8, 4) is 11.3 Å². The van der Waals surface area contributed by atoms with Crippen LogP contribution in [0.1, 0.15) is 53.7 Å². The molecule has 21 heavy (non-hydrogen) atoms. The largest absolute Gasteiger partial charge is 0.422 e. The third-order valence-electron chi connectivity index (χ3n) is 4.12. The highest BCUT2D eigenvalue weighted by molar-refractivity contribution is 6.17. The second-order valence-corrected chi connectivity index (χ2v) is 5.54.